The Morgan fingerprint density at radius 2 is 1.81 bits per heavy atom. The number of ether oxygens (including phenoxy) is 1. The van der Waals surface area contributed by atoms with Gasteiger partial charge in [-0.3, -0.25) is 4.79 Å². The molecule has 0 amide bonds. The number of carbonyl (C=O) groups is 1. The van der Waals surface area contributed by atoms with Crippen LogP contribution in [0, 0.1) is 0 Å². The minimum atomic E-state index is -1.88. The molecule has 0 fully saturated rings. The second-order valence-corrected chi connectivity index (χ2v) is 8.97. The first kappa shape index (κ1) is 18.1. The molecular formula is C21H18O4S2. The van der Waals surface area contributed by atoms with Crippen LogP contribution in [0.2, 0.25) is 0 Å². The molecule has 2 heterocycles. The fourth-order valence-electron chi connectivity index (χ4n) is 3.18. The molecule has 1 aliphatic rings. The molecule has 0 aliphatic carbocycles. The average molecular weight is 399 g/mol. The lowest BCUT2D eigenvalue weighted by Gasteiger charge is -2.17. The Kier molecular flexibility index (Phi) is 4.50. The molecule has 4 nitrogen and oxygen atoms in total. The summed E-state index contributed by atoms with van der Waals surface area (Å²) in [7, 11) is 0. The average Bonchev–Trinajstić information content (AvgIpc) is 3.14. The van der Waals surface area contributed by atoms with Crippen LogP contribution in [-0.2, 0) is 26.4 Å². The predicted molar refractivity (Wildman–Crippen MR) is 110 cm³/mol. The van der Waals surface area contributed by atoms with E-state index in [0.717, 1.165) is 26.1 Å². The predicted octanol–water partition coefficient (Wildman–Crippen LogP) is 4.87. The second kappa shape index (κ2) is 6.71. The number of carbonyl (C=O) groups excluding carboxylic acids is 1. The zero-order chi connectivity index (χ0) is 19.2. The monoisotopic (exact) mass is 398 g/mol. The maximum atomic E-state index is 13.1. The summed E-state index contributed by atoms with van der Waals surface area (Å²) >= 11 is -0.308. The molecule has 6 heteroatoms. The number of hydrogen-bond acceptors (Lipinski definition) is 4. The Labute approximate surface area is 163 Å². The number of ketones is 1. The van der Waals surface area contributed by atoms with Crippen molar-refractivity contribution in [3.63, 3.8) is 0 Å². The third-order valence-corrected chi connectivity index (χ3v) is 6.25. The van der Waals surface area contributed by atoms with Gasteiger partial charge >= 0.3 is 0 Å². The van der Waals surface area contributed by atoms with Crippen LogP contribution in [-0.4, -0.2) is 20.1 Å². The third-order valence-electron chi connectivity index (χ3n) is 4.54. The highest BCUT2D eigenvalue weighted by atomic mass is 32.2. The van der Waals surface area contributed by atoms with Crippen molar-refractivity contribution in [3.05, 3.63) is 70.6 Å². The molecule has 4 rings (SSSR count). The molecule has 138 valence electrons. The van der Waals surface area contributed by atoms with Crippen LogP contribution in [0.4, 0.5) is 0 Å². The molecule has 0 radical (unpaired) electrons. The molecule has 1 aromatic heterocycles. The van der Waals surface area contributed by atoms with Gasteiger partial charge in [0.05, 0.1) is 11.3 Å². The van der Waals surface area contributed by atoms with Gasteiger partial charge in [-0.05, 0) is 36.9 Å². The highest BCUT2D eigenvalue weighted by Gasteiger charge is 2.43. The highest BCUT2D eigenvalue weighted by Crippen LogP contribution is 2.44. The van der Waals surface area contributed by atoms with Gasteiger partial charge in [0.1, 0.15) is 5.76 Å². The molecule has 0 saturated carbocycles. The molecule has 0 bridgehead atoms. The van der Waals surface area contributed by atoms with E-state index in [1.807, 2.05) is 42.5 Å². The quantitative estimate of drug-likeness (QED) is 0.637. The van der Waals surface area contributed by atoms with Crippen LogP contribution in [0.3, 0.4) is 0 Å². The summed E-state index contributed by atoms with van der Waals surface area (Å²) in [5.41, 5.74) is 1.22. The van der Waals surface area contributed by atoms with Gasteiger partial charge in [0.2, 0.25) is 5.78 Å². The number of rotatable bonds is 4. The van der Waals surface area contributed by atoms with Gasteiger partial charge in [-0.1, -0.05) is 42.5 Å². The molecule has 1 N–H and O–H groups in total. The van der Waals surface area contributed by atoms with Crippen molar-refractivity contribution in [2.45, 2.75) is 25.2 Å². The second-order valence-electron chi connectivity index (χ2n) is 6.96. The van der Waals surface area contributed by atoms with E-state index in [2.05, 4.69) is 0 Å². The molecule has 27 heavy (non-hydrogen) atoms. The van der Waals surface area contributed by atoms with Gasteiger partial charge in [-0.15, -0.1) is 11.3 Å². The van der Waals surface area contributed by atoms with E-state index in [9.17, 15) is 9.00 Å². The van der Waals surface area contributed by atoms with Gasteiger partial charge in [-0.25, -0.2) is 4.21 Å². The standard InChI is InChI=1S/C21H18O4S2/c1-21(2)20(22)18(17-11-15-5-3-4-6-16(15)26-17)19(25-21)14-9-7-13(8-10-14)12-27(23)24/h3-11H,12H2,1-2H3,(H,23,24). The van der Waals surface area contributed by atoms with Crippen molar-refractivity contribution in [3.8, 4) is 0 Å². The van der Waals surface area contributed by atoms with E-state index in [-0.39, 0.29) is 11.5 Å². The van der Waals surface area contributed by atoms with E-state index < -0.39 is 16.7 Å². The van der Waals surface area contributed by atoms with Gasteiger partial charge in [0.25, 0.3) is 0 Å². The minimum Gasteiger partial charge on any atom is -0.478 e. The molecular weight excluding hydrogens is 380 g/mol. The largest absolute Gasteiger partial charge is 0.478 e. The van der Waals surface area contributed by atoms with Gasteiger partial charge in [0, 0.05) is 15.1 Å². The van der Waals surface area contributed by atoms with Crippen LogP contribution in [0.1, 0.15) is 29.9 Å². The van der Waals surface area contributed by atoms with Crippen LogP contribution in [0.25, 0.3) is 21.4 Å². The third kappa shape index (κ3) is 3.36. The van der Waals surface area contributed by atoms with E-state index in [4.69, 9.17) is 9.29 Å². The summed E-state index contributed by atoms with van der Waals surface area (Å²) in [5, 5.41) is 1.10. The van der Waals surface area contributed by atoms with Crippen LogP contribution in [0.5, 0.6) is 0 Å². The zero-order valence-corrected chi connectivity index (χ0v) is 16.5. The van der Waals surface area contributed by atoms with Crippen molar-refractivity contribution < 1.29 is 18.3 Å². The molecule has 1 unspecified atom stereocenters. The first-order chi connectivity index (χ1) is 12.8. The number of thiophene rings is 1. The summed E-state index contributed by atoms with van der Waals surface area (Å²) in [6.45, 7) is 3.55. The fraction of sp³-hybridized carbons (Fsp3) is 0.190. The maximum Gasteiger partial charge on any atom is 0.210 e. The SMILES string of the molecule is CC1(C)OC(c2ccc(CS(=O)O)cc2)=C(c2cc3ccccc3s2)C1=O. The Morgan fingerprint density at radius 1 is 1.11 bits per heavy atom. The summed E-state index contributed by atoms with van der Waals surface area (Å²) in [6.07, 6.45) is 0. The summed E-state index contributed by atoms with van der Waals surface area (Å²) in [4.78, 5) is 13.9. The van der Waals surface area contributed by atoms with Crippen molar-refractivity contribution >= 4 is 49.6 Å². The van der Waals surface area contributed by atoms with Crippen molar-refractivity contribution in [2.24, 2.45) is 0 Å². The Balaban J connectivity index is 1.83. The van der Waals surface area contributed by atoms with E-state index in [0.29, 0.717) is 11.3 Å². The molecule has 2 aromatic carbocycles. The number of hydrogen-bond donors (Lipinski definition) is 1. The molecule has 3 aromatic rings. The normalized spacial score (nSPS) is 17.4. The van der Waals surface area contributed by atoms with Gasteiger partial charge < -0.3 is 9.29 Å². The van der Waals surface area contributed by atoms with Gasteiger partial charge in [-0.2, -0.15) is 0 Å². The van der Waals surface area contributed by atoms with Crippen molar-refractivity contribution in [1.29, 1.82) is 0 Å². The Hall–Kier alpha value is -2.28. The zero-order valence-electron chi connectivity index (χ0n) is 14.9. The summed E-state index contributed by atoms with van der Waals surface area (Å²) in [6, 6.07) is 17.3. The van der Waals surface area contributed by atoms with E-state index in [1.54, 1.807) is 37.3 Å². The fourth-order valence-corrected chi connectivity index (χ4v) is 4.76. The molecule has 1 atom stereocenters. The first-order valence-electron chi connectivity index (χ1n) is 8.49. The molecule has 0 spiro atoms. The topological polar surface area (TPSA) is 63.6 Å². The van der Waals surface area contributed by atoms with Crippen LogP contribution < -0.4 is 0 Å². The minimum absolute atomic E-state index is 0.0374. The maximum absolute atomic E-state index is 13.1. The first-order valence-corrected chi connectivity index (χ1v) is 10.6. The molecule has 0 saturated heterocycles. The summed E-state index contributed by atoms with van der Waals surface area (Å²) in [5.74, 6) is 0.603. The molecule has 1 aliphatic heterocycles. The highest BCUT2D eigenvalue weighted by molar-refractivity contribution is 7.78. The lowest BCUT2D eigenvalue weighted by Crippen LogP contribution is -2.29. The van der Waals surface area contributed by atoms with E-state index in [1.165, 1.54) is 0 Å². The number of fused-ring (bicyclic) bond motifs is 1. The smallest absolute Gasteiger partial charge is 0.210 e. The Morgan fingerprint density at radius 3 is 2.48 bits per heavy atom. The number of benzene rings is 2. The van der Waals surface area contributed by atoms with Gasteiger partial charge in [0.15, 0.2) is 16.7 Å². The summed E-state index contributed by atoms with van der Waals surface area (Å²) < 4.78 is 27.2. The lowest BCUT2D eigenvalue weighted by molar-refractivity contribution is -0.125. The lowest BCUT2D eigenvalue weighted by atomic mass is 9.96. The van der Waals surface area contributed by atoms with Crippen LogP contribution in [0.15, 0.2) is 54.6 Å². The van der Waals surface area contributed by atoms with Crippen molar-refractivity contribution in [2.75, 3.05) is 0 Å². The number of Topliss-reactive ketones (excluding diaryl/α,β-unsaturated/α-hetero) is 1. The van der Waals surface area contributed by atoms with Crippen LogP contribution >= 0.6 is 11.3 Å². The Bertz CT molecular complexity index is 1060. The van der Waals surface area contributed by atoms with E-state index >= 15 is 0 Å². The van der Waals surface area contributed by atoms with Crippen molar-refractivity contribution in [1.82, 2.24) is 0 Å².